The van der Waals surface area contributed by atoms with Gasteiger partial charge in [0.25, 0.3) is 0 Å². The highest BCUT2D eigenvalue weighted by molar-refractivity contribution is 9.10. The molecule has 4 heteroatoms. The van der Waals surface area contributed by atoms with Crippen molar-refractivity contribution in [2.24, 2.45) is 5.92 Å². The zero-order valence-corrected chi connectivity index (χ0v) is 12.4. The summed E-state index contributed by atoms with van der Waals surface area (Å²) in [5.41, 5.74) is 1.13. The number of carboxylic acid groups (broad SMARTS) is 1. The molecule has 0 aliphatic carbocycles. The van der Waals surface area contributed by atoms with Gasteiger partial charge in [0, 0.05) is 10.9 Å². The molecular formula is C14H19BrO3. The summed E-state index contributed by atoms with van der Waals surface area (Å²) in [6.45, 7) is 4.56. The van der Waals surface area contributed by atoms with Crippen molar-refractivity contribution in [2.75, 3.05) is 6.61 Å². The van der Waals surface area contributed by atoms with Crippen molar-refractivity contribution in [1.82, 2.24) is 0 Å². The van der Waals surface area contributed by atoms with E-state index in [9.17, 15) is 4.79 Å². The van der Waals surface area contributed by atoms with Crippen molar-refractivity contribution >= 4 is 21.9 Å². The first kappa shape index (κ1) is 15.0. The van der Waals surface area contributed by atoms with E-state index in [2.05, 4.69) is 15.9 Å². The molecular weight excluding hydrogens is 296 g/mol. The van der Waals surface area contributed by atoms with Crippen LogP contribution in [0.25, 0.3) is 0 Å². The standard InChI is InChI=1S/C14H19BrO3/c1-3-18-13-7-6-12(15)9-11(13)5-4-10(2)8-14(16)17/h6-7,9-10H,3-5,8H2,1-2H3,(H,16,17). The van der Waals surface area contributed by atoms with E-state index in [-0.39, 0.29) is 12.3 Å². The van der Waals surface area contributed by atoms with Crippen LogP contribution in [-0.2, 0) is 11.2 Å². The zero-order chi connectivity index (χ0) is 13.5. The topological polar surface area (TPSA) is 46.5 Å². The molecule has 0 bridgehead atoms. The van der Waals surface area contributed by atoms with Gasteiger partial charge in [-0.15, -0.1) is 0 Å². The van der Waals surface area contributed by atoms with Crippen LogP contribution in [0.4, 0.5) is 0 Å². The third-order valence-electron chi connectivity index (χ3n) is 2.75. The monoisotopic (exact) mass is 314 g/mol. The molecule has 100 valence electrons. The molecule has 0 saturated heterocycles. The Kier molecular flexibility index (Phi) is 6.19. The fourth-order valence-electron chi connectivity index (χ4n) is 1.84. The molecule has 0 aromatic heterocycles. The Balaban J connectivity index is 2.64. The molecule has 3 nitrogen and oxygen atoms in total. The number of carboxylic acids is 1. The van der Waals surface area contributed by atoms with E-state index in [1.54, 1.807) is 0 Å². The highest BCUT2D eigenvalue weighted by Crippen LogP contribution is 2.26. The fourth-order valence-corrected chi connectivity index (χ4v) is 2.25. The molecule has 0 aliphatic heterocycles. The molecule has 0 heterocycles. The van der Waals surface area contributed by atoms with Crippen molar-refractivity contribution in [3.8, 4) is 5.75 Å². The Morgan fingerprint density at radius 2 is 2.22 bits per heavy atom. The van der Waals surface area contributed by atoms with Crippen molar-refractivity contribution in [3.63, 3.8) is 0 Å². The van der Waals surface area contributed by atoms with Gasteiger partial charge in [-0.25, -0.2) is 0 Å². The van der Waals surface area contributed by atoms with Crippen molar-refractivity contribution in [1.29, 1.82) is 0 Å². The van der Waals surface area contributed by atoms with Gasteiger partial charge in [0.05, 0.1) is 6.61 Å². The number of benzene rings is 1. The fraction of sp³-hybridized carbons (Fsp3) is 0.500. The molecule has 1 aromatic carbocycles. The van der Waals surface area contributed by atoms with Gasteiger partial charge < -0.3 is 9.84 Å². The number of aryl methyl sites for hydroxylation is 1. The lowest BCUT2D eigenvalue weighted by Crippen LogP contribution is -2.06. The van der Waals surface area contributed by atoms with Gasteiger partial charge >= 0.3 is 5.97 Å². The van der Waals surface area contributed by atoms with Gasteiger partial charge in [0.2, 0.25) is 0 Å². The van der Waals surface area contributed by atoms with Crippen LogP contribution >= 0.6 is 15.9 Å². The Hall–Kier alpha value is -1.03. The number of aliphatic carboxylic acids is 1. The summed E-state index contributed by atoms with van der Waals surface area (Å²) in [6, 6.07) is 5.94. The van der Waals surface area contributed by atoms with Gasteiger partial charge in [-0.1, -0.05) is 22.9 Å². The van der Waals surface area contributed by atoms with E-state index >= 15 is 0 Å². The summed E-state index contributed by atoms with van der Waals surface area (Å²) < 4.78 is 6.59. The molecule has 0 spiro atoms. The molecule has 18 heavy (non-hydrogen) atoms. The summed E-state index contributed by atoms with van der Waals surface area (Å²) >= 11 is 3.45. The SMILES string of the molecule is CCOc1ccc(Br)cc1CCC(C)CC(=O)O. The van der Waals surface area contributed by atoms with Crippen LogP contribution in [-0.4, -0.2) is 17.7 Å². The van der Waals surface area contributed by atoms with Crippen LogP contribution in [0.15, 0.2) is 22.7 Å². The Morgan fingerprint density at radius 1 is 1.50 bits per heavy atom. The second-order valence-corrected chi connectivity index (χ2v) is 5.34. The molecule has 0 saturated carbocycles. The van der Waals surface area contributed by atoms with Crippen molar-refractivity contribution in [2.45, 2.75) is 33.1 Å². The van der Waals surface area contributed by atoms with E-state index in [0.29, 0.717) is 6.61 Å². The van der Waals surface area contributed by atoms with Crippen LogP contribution in [0, 0.1) is 5.92 Å². The number of rotatable bonds is 7. The van der Waals surface area contributed by atoms with Crippen LogP contribution < -0.4 is 4.74 Å². The molecule has 0 fully saturated rings. The number of ether oxygens (including phenoxy) is 1. The van der Waals surface area contributed by atoms with Gasteiger partial charge in [-0.2, -0.15) is 0 Å². The molecule has 1 atom stereocenters. The smallest absolute Gasteiger partial charge is 0.303 e. The number of hydrogen-bond donors (Lipinski definition) is 1. The van der Waals surface area contributed by atoms with E-state index in [0.717, 1.165) is 28.6 Å². The highest BCUT2D eigenvalue weighted by atomic mass is 79.9. The van der Waals surface area contributed by atoms with Crippen LogP contribution in [0.2, 0.25) is 0 Å². The van der Waals surface area contributed by atoms with Crippen molar-refractivity contribution < 1.29 is 14.6 Å². The molecule has 0 radical (unpaired) electrons. The number of hydrogen-bond acceptors (Lipinski definition) is 2. The predicted molar refractivity (Wildman–Crippen MR) is 75.0 cm³/mol. The third-order valence-corrected chi connectivity index (χ3v) is 3.25. The zero-order valence-electron chi connectivity index (χ0n) is 10.8. The quantitative estimate of drug-likeness (QED) is 0.830. The molecule has 1 unspecified atom stereocenters. The molecule has 0 amide bonds. The first-order valence-electron chi connectivity index (χ1n) is 6.16. The number of carbonyl (C=O) groups is 1. The van der Waals surface area contributed by atoms with Gasteiger partial charge in [0.15, 0.2) is 0 Å². The van der Waals surface area contributed by atoms with Crippen LogP contribution in [0.3, 0.4) is 0 Å². The number of halogens is 1. The lowest BCUT2D eigenvalue weighted by atomic mass is 9.98. The van der Waals surface area contributed by atoms with Gasteiger partial charge in [-0.05, 0) is 49.4 Å². The maximum Gasteiger partial charge on any atom is 0.303 e. The maximum absolute atomic E-state index is 10.6. The summed E-state index contributed by atoms with van der Waals surface area (Å²) in [5.74, 6) is 0.334. The summed E-state index contributed by atoms with van der Waals surface area (Å²) in [4.78, 5) is 10.6. The summed E-state index contributed by atoms with van der Waals surface area (Å²) in [6.07, 6.45) is 1.91. The average Bonchev–Trinajstić information content (AvgIpc) is 2.29. The molecule has 1 N–H and O–H groups in total. The normalized spacial score (nSPS) is 12.2. The van der Waals surface area contributed by atoms with E-state index in [1.807, 2.05) is 32.0 Å². The van der Waals surface area contributed by atoms with E-state index in [4.69, 9.17) is 9.84 Å². The third kappa shape index (κ3) is 5.08. The molecule has 1 aromatic rings. The lowest BCUT2D eigenvalue weighted by molar-refractivity contribution is -0.138. The Bertz CT molecular complexity index is 404. The van der Waals surface area contributed by atoms with E-state index < -0.39 is 5.97 Å². The van der Waals surface area contributed by atoms with Crippen molar-refractivity contribution in [3.05, 3.63) is 28.2 Å². The summed E-state index contributed by atoms with van der Waals surface area (Å²) in [5, 5.41) is 8.73. The average molecular weight is 315 g/mol. The van der Waals surface area contributed by atoms with E-state index in [1.165, 1.54) is 0 Å². The predicted octanol–water partition coefficient (Wildman–Crippen LogP) is 3.89. The van der Waals surface area contributed by atoms with Crippen LogP contribution in [0.1, 0.15) is 32.3 Å². The van der Waals surface area contributed by atoms with Gasteiger partial charge in [-0.3, -0.25) is 4.79 Å². The van der Waals surface area contributed by atoms with Crippen LogP contribution in [0.5, 0.6) is 5.75 Å². The second kappa shape index (κ2) is 7.41. The summed E-state index contributed by atoms with van der Waals surface area (Å²) in [7, 11) is 0. The van der Waals surface area contributed by atoms with Gasteiger partial charge in [0.1, 0.15) is 5.75 Å². The Morgan fingerprint density at radius 3 is 2.83 bits per heavy atom. The molecule has 1 rings (SSSR count). The minimum absolute atomic E-state index is 0.177. The second-order valence-electron chi connectivity index (χ2n) is 4.43. The minimum Gasteiger partial charge on any atom is -0.494 e. The maximum atomic E-state index is 10.6. The largest absolute Gasteiger partial charge is 0.494 e. The minimum atomic E-state index is -0.734. The molecule has 0 aliphatic rings. The first-order chi connectivity index (χ1) is 8.52. The highest BCUT2D eigenvalue weighted by Gasteiger charge is 2.10. The lowest BCUT2D eigenvalue weighted by Gasteiger charge is -2.13. The Labute approximate surface area is 116 Å². The first-order valence-corrected chi connectivity index (χ1v) is 6.95.